The van der Waals surface area contributed by atoms with E-state index in [0.717, 1.165) is 4.47 Å². The first-order valence-electron chi connectivity index (χ1n) is 3.29. The van der Waals surface area contributed by atoms with Gasteiger partial charge in [-0.2, -0.15) is 0 Å². The molecule has 0 aliphatic carbocycles. The van der Waals surface area contributed by atoms with Crippen molar-refractivity contribution in [2.45, 2.75) is 0 Å². The van der Waals surface area contributed by atoms with Gasteiger partial charge in [0.15, 0.2) is 0 Å². The summed E-state index contributed by atoms with van der Waals surface area (Å²) in [6.45, 7) is 0. The Labute approximate surface area is 97.5 Å². The lowest BCUT2D eigenvalue weighted by Crippen LogP contribution is -1.97. The standard InChI is InChI=1S/C8H5Br2ClO2/c1-13-5-3-2-4(9)7(10)6(5)8(11)12/h2-3H,1H3. The molecule has 1 aromatic rings. The summed E-state index contributed by atoms with van der Waals surface area (Å²) < 4.78 is 6.35. The van der Waals surface area contributed by atoms with Gasteiger partial charge in [0.25, 0.3) is 5.24 Å². The van der Waals surface area contributed by atoms with Crippen LogP contribution in [-0.2, 0) is 0 Å². The fraction of sp³-hybridized carbons (Fsp3) is 0.125. The van der Waals surface area contributed by atoms with Crippen molar-refractivity contribution in [2.24, 2.45) is 0 Å². The number of rotatable bonds is 2. The minimum atomic E-state index is -0.551. The van der Waals surface area contributed by atoms with E-state index in [1.807, 2.05) is 0 Å². The first kappa shape index (κ1) is 11.0. The Morgan fingerprint density at radius 3 is 2.54 bits per heavy atom. The molecule has 2 nitrogen and oxygen atoms in total. The molecular weight excluding hydrogens is 323 g/mol. The first-order valence-corrected chi connectivity index (χ1v) is 5.26. The smallest absolute Gasteiger partial charge is 0.257 e. The Hall–Kier alpha value is -0.0600. The van der Waals surface area contributed by atoms with E-state index in [2.05, 4.69) is 31.9 Å². The van der Waals surface area contributed by atoms with Crippen molar-refractivity contribution in [3.05, 3.63) is 26.6 Å². The van der Waals surface area contributed by atoms with Crippen LogP contribution in [0.3, 0.4) is 0 Å². The number of hydrogen-bond donors (Lipinski definition) is 0. The molecule has 0 radical (unpaired) electrons. The first-order chi connectivity index (χ1) is 6.07. The summed E-state index contributed by atoms with van der Waals surface area (Å²) in [4.78, 5) is 11.0. The molecule has 0 bridgehead atoms. The molecule has 0 aliphatic rings. The third-order valence-electron chi connectivity index (χ3n) is 1.47. The van der Waals surface area contributed by atoms with E-state index < -0.39 is 5.24 Å². The summed E-state index contributed by atoms with van der Waals surface area (Å²) >= 11 is 11.9. The molecule has 0 amide bonds. The normalized spacial score (nSPS) is 9.85. The zero-order valence-electron chi connectivity index (χ0n) is 6.61. The second kappa shape index (κ2) is 4.44. The van der Waals surface area contributed by atoms with E-state index in [0.29, 0.717) is 15.8 Å². The monoisotopic (exact) mass is 326 g/mol. The van der Waals surface area contributed by atoms with Crippen LogP contribution in [0.1, 0.15) is 10.4 Å². The van der Waals surface area contributed by atoms with Crippen molar-refractivity contribution in [1.29, 1.82) is 0 Å². The highest BCUT2D eigenvalue weighted by molar-refractivity contribution is 9.13. The number of carbonyl (C=O) groups excluding carboxylic acids is 1. The molecule has 0 saturated carbocycles. The van der Waals surface area contributed by atoms with E-state index in [4.69, 9.17) is 16.3 Å². The van der Waals surface area contributed by atoms with Crippen LogP contribution in [0.5, 0.6) is 5.75 Å². The van der Waals surface area contributed by atoms with E-state index in [-0.39, 0.29) is 0 Å². The Kier molecular flexibility index (Phi) is 3.76. The molecule has 0 N–H and O–H groups in total. The predicted molar refractivity (Wildman–Crippen MR) is 58.6 cm³/mol. The van der Waals surface area contributed by atoms with Gasteiger partial charge in [-0.3, -0.25) is 4.79 Å². The fourth-order valence-corrected chi connectivity index (χ4v) is 2.03. The van der Waals surface area contributed by atoms with E-state index in [1.54, 1.807) is 12.1 Å². The van der Waals surface area contributed by atoms with Crippen LogP contribution in [0, 0.1) is 0 Å². The van der Waals surface area contributed by atoms with Crippen LogP contribution in [0.15, 0.2) is 21.1 Å². The molecule has 0 heterocycles. The maximum absolute atomic E-state index is 11.0. The molecule has 0 saturated heterocycles. The van der Waals surface area contributed by atoms with E-state index in [9.17, 15) is 4.79 Å². The van der Waals surface area contributed by atoms with Gasteiger partial charge < -0.3 is 4.74 Å². The van der Waals surface area contributed by atoms with Gasteiger partial charge in [-0.1, -0.05) is 0 Å². The number of hydrogen-bond acceptors (Lipinski definition) is 2. The molecular formula is C8H5Br2ClO2. The molecule has 13 heavy (non-hydrogen) atoms. The summed E-state index contributed by atoms with van der Waals surface area (Å²) in [7, 11) is 1.49. The molecule has 1 aromatic carbocycles. The van der Waals surface area contributed by atoms with E-state index in [1.165, 1.54) is 7.11 Å². The van der Waals surface area contributed by atoms with Crippen molar-refractivity contribution in [3.63, 3.8) is 0 Å². The summed E-state index contributed by atoms with van der Waals surface area (Å²) in [5.41, 5.74) is 0.332. The van der Waals surface area contributed by atoms with Crippen LogP contribution >= 0.6 is 43.5 Å². The van der Waals surface area contributed by atoms with Crippen molar-refractivity contribution >= 4 is 48.7 Å². The third kappa shape index (κ3) is 2.24. The van der Waals surface area contributed by atoms with Crippen LogP contribution in [0.4, 0.5) is 0 Å². The Balaban J connectivity index is 3.41. The van der Waals surface area contributed by atoms with Crippen LogP contribution < -0.4 is 4.74 Å². The maximum Gasteiger partial charge on any atom is 0.257 e. The Bertz CT molecular complexity index is 352. The number of benzene rings is 1. The lowest BCUT2D eigenvalue weighted by atomic mass is 10.2. The fourth-order valence-electron chi connectivity index (χ4n) is 0.886. The average Bonchev–Trinajstić information content (AvgIpc) is 2.08. The van der Waals surface area contributed by atoms with Crippen LogP contribution in [0.2, 0.25) is 0 Å². The minimum Gasteiger partial charge on any atom is -0.496 e. The molecule has 0 aliphatic heterocycles. The number of halogens is 3. The molecule has 0 fully saturated rings. The second-order valence-corrected chi connectivity index (χ2v) is 4.20. The molecule has 0 aromatic heterocycles. The number of ether oxygens (including phenoxy) is 1. The molecule has 0 unspecified atom stereocenters. The average molecular weight is 328 g/mol. The second-order valence-electron chi connectivity index (χ2n) is 2.21. The summed E-state index contributed by atoms with van der Waals surface area (Å²) in [6.07, 6.45) is 0. The topological polar surface area (TPSA) is 26.3 Å². The lowest BCUT2D eigenvalue weighted by molar-refractivity contribution is 0.107. The highest BCUT2D eigenvalue weighted by Crippen LogP contribution is 2.34. The van der Waals surface area contributed by atoms with Crippen molar-refractivity contribution in [2.75, 3.05) is 7.11 Å². The van der Waals surface area contributed by atoms with Crippen molar-refractivity contribution in [3.8, 4) is 5.75 Å². The highest BCUT2D eigenvalue weighted by Gasteiger charge is 2.15. The number of methoxy groups -OCH3 is 1. The summed E-state index contributed by atoms with van der Waals surface area (Å²) in [5, 5.41) is -0.551. The SMILES string of the molecule is COc1ccc(Br)c(Br)c1C(=O)Cl. The maximum atomic E-state index is 11.0. The molecule has 1 rings (SSSR count). The quantitative estimate of drug-likeness (QED) is 0.776. The molecule has 5 heteroatoms. The molecule has 70 valence electrons. The molecule has 0 atom stereocenters. The van der Waals surface area contributed by atoms with Gasteiger partial charge >= 0.3 is 0 Å². The van der Waals surface area contributed by atoms with Gasteiger partial charge in [0, 0.05) is 8.95 Å². The number of carbonyl (C=O) groups is 1. The van der Waals surface area contributed by atoms with Gasteiger partial charge in [-0.05, 0) is 55.6 Å². The van der Waals surface area contributed by atoms with Gasteiger partial charge in [0.1, 0.15) is 5.75 Å². The Morgan fingerprint density at radius 1 is 1.46 bits per heavy atom. The third-order valence-corrected chi connectivity index (χ3v) is 3.68. The highest BCUT2D eigenvalue weighted by atomic mass is 79.9. The van der Waals surface area contributed by atoms with Crippen molar-refractivity contribution < 1.29 is 9.53 Å². The van der Waals surface area contributed by atoms with Gasteiger partial charge in [0.2, 0.25) is 0 Å². The Morgan fingerprint density at radius 2 is 2.08 bits per heavy atom. The zero-order chi connectivity index (χ0) is 10.0. The predicted octanol–water partition coefficient (Wildman–Crippen LogP) is 3.60. The van der Waals surface area contributed by atoms with Gasteiger partial charge in [-0.25, -0.2) is 0 Å². The minimum absolute atomic E-state index is 0.332. The van der Waals surface area contributed by atoms with Gasteiger partial charge in [-0.15, -0.1) is 0 Å². The van der Waals surface area contributed by atoms with Crippen LogP contribution in [-0.4, -0.2) is 12.4 Å². The largest absolute Gasteiger partial charge is 0.496 e. The summed E-state index contributed by atoms with van der Waals surface area (Å²) in [6, 6.07) is 3.44. The molecule has 0 spiro atoms. The zero-order valence-corrected chi connectivity index (χ0v) is 10.5. The van der Waals surface area contributed by atoms with Crippen LogP contribution in [0.25, 0.3) is 0 Å². The lowest BCUT2D eigenvalue weighted by Gasteiger charge is -2.07. The van der Waals surface area contributed by atoms with Gasteiger partial charge in [0.05, 0.1) is 12.7 Å². The van der Waals surface area contributed by atoms with E-state index >= 15 is 0 Å². The van der Waals surface area contributed by atoms with Crippen molar-refractivity contribution in [1.82, 2.24) is 0 Å². The summed E-state index contributed by atoms with van der Waals surface area (Å²) in [5.74, 6) is 0.454.